The number of carbonyl (C=O) groups excluding carboxylic acids is 1. The summed E-state index contributed by atoms with van der Waals surface area (Å²) in [4.78, 5) is 11.6. The molecule has 0 bridgehead atoms. The second kappa shape index (κ2) is 9.43. The Labute approximate surface area is 136 Å². The first-order valence-electron chi connectivity index (χ1n) is 7.59. The van der Waals surface area contributed by atoms with Crippen molar-refractivity contribution in [1.29, 1.82) is 0 Å². The average Bonchev–Trinajstić information content (AvgIpc) is 2.58. The summed E-state index contributed by atoms with van der Waals surface area (Å²) in [7, 11) is 0. The van der Waals surface area contributed by atoms with E-state index >= 15 is 0 Å². The highest BCUT2D eigenvalue weighted by Crippen LogP contribution is 2.07. The molecule has 0 heterocycles. The molecule has 0 saturated heterocycles. The van der Waals surface area contributed by atoms with Gasteiger partial charge in [-0.3, -0.25) is 0 Å². The summed E-state index contributed by atoms with van der Waals surface area (Å²) in [5.74, 6) is 0. The molecule has 2 aromatic carbocycles. The van der Waals surface area contributed by atoms with Crippen LogP contribution >= 0.6 is 0 Å². The van der Waals surface area contributed by atoms with E-state index in [1.807, 2.05) is 66.7 Å². The van der Waals surface area contributed by atoms with Crippen molar-refractivity contribution >= 4 is 12.2 Å². The Morgan fingerprint density at radius 1 is 1.09 bits per heavy atom. The number of aliphatic hydroxyl groups is 1. The van der Waals surface area contributed by atoms with Gasteiger partial charge in [-0.05, 0) is 23.1 Å². The molecule has 120 valence electrons. The second-order valence-corrected chi connectivity index (χ2v) is 5.06. The highest BCUT2D eigenvalue weighted by Gasteiger charge is 2.00. The molecule has 1 amide bonds. The van der Waals surface area contributed by atoms with Crippen LogP contribution in [0.1, 0.15) is 16.7 Å². The van der Waals surface area contributed by atoms with Crippen molar-refractivity contribution in [2.24, 2.45) is 0 Å². The third-order valence-corrected chi connectivity index (χ3v) is 3.24. The zero-order valence-corrected chi connectivity index (χ0v) is 12.9. The van der Waals surface area contributed by atoms with Gasteiger partial charge < -0.3 is 15.2 Å². The van der Waals surface area contributed by atoms with E-state index in [1.54, 1.807) is 0 Å². The fourth-order valence-electron chi connectivity index (χ4n) is 2.09. The van der Waals surface area contributed by atoms with Crippen LogP contribution in [0.25, 0.3) is 6.08 Å². The summed E-state index contributed by atoms with van der Waals surface area (Å²) in [6.07, 6.45) is 4.00. The van der Waals surface area contributed by atoms with Gasteiger partial charge in [0.1, 0.15) is 6.61 Å². The zero-order valence-electron chi connectivity index (χ0n) is 12.9. The van der Waals surface area contributed by atoms with Gasteiger partial charge in [0.15, 0.2) is 0 Å². The van der Waals surface area contributed by atoms with Crippen LogP contribution in [-0.2, 0) is 17.8 Å². The fraction of sp³-hybridized carbons (Fsp3) is 0.211. The molecular formula is C19H21NO3. The summed E-state index contributed by atoms with van der Waals surface area (Å²) < 4.78 is 5.12. The third-order valence-electron chi connectivity index (χ3n) is 3.24. The van der Waals surface area contributed by atoms with E-state index in [2.05, 4.69) is 5.32 Å². The molecule has 0 spiro atoms. The molecule has 23 heavy (non-hydrogen) atoms. The molecule has 0 saturated carbocycles. The van der Waals surface area contributed by atoms with Gasteiger partial charge in [0.05, 0.1) is 0 Å². The van der Waals surface area contributed by atoms with Gasteiger partial charge in [0.2, 0.25) is 0 Å². The van der Waals surface area contributed by atoms with E-state index in [1.165, 1.54) is 0 Å². The molecule has 0 radical (unpaired) electrons. The molecule has 2 rings (SSSR count). The van der Waals surface area contributed by atoms with Crippen LogP contribution in [-0.4, -0.2) is 24.4 Å². The number of aliphatic hydroxyl groups excluding tert-OH is 1. The third kappa shape index (κ3) is 6.36. The molecule has 2 N–H and O–H groups in total. The van der Waals surface area contributed by atoms with Crippen molar-refractivity contribution in [2.75, 3.05) is 13.2 Å². The maximum atomic E-state index is 11.6. The first-order valence-corrected chi connectivity index (χ1v) is 7.59. The Morgan fingerprint density at radius 2 is 1.87 bits per heavy atom. The molecule has 0 unspecified atom stereocenters. The average molecular weight is 311 g/mol. The van der Waals surface area contributed by atoms with Crippen molar-refractivity contribution in [3.05, 3.63) is 77.4 Å². The summed E-state index contributed by atoms with van der Waals surface area (Å²) in [6, 6.07) is 17.5. The van der Waals surface area contributed by atoms with E-state index in [0.717, 1.165) is 16.7 Å². The second-order valence-electron chi connectivity index (χ2n) is 5.06. The van der Waals surface area contributed by atoms with E-state index in [0.29, 0.717) is 13.0 Å². The number of ether oxygens (including phenoxy) is 1. The van der Waals surface area contributed by atoms with Gasteiger partial charge in [-0.15, -0.1) is 0 Å². The monoisotopic (exact) mass is 311 g/mol. The van der Waals surface area contributed by atoms with Crippen LogP contribution in [0.15, 0.2) is 60.7 Å². The lowest BCUT2D eigenvalue weighted by Crippen LogP contribution is -2.24. The predicted molar refractivity (Wildman–Crippen MR) is 90.9 cm³/mol. The van der Waals surface area contributed by atoms with Crippen molar-refractivity contribution in [3.63, 3.8) is 0 Å². The molecular weight excluding hydrogens is 290 g/mol. The highest BCUT2D eigenvalue weighted by atomic mass is 16.5. The summed E-state index contributed by atoms with van der Waals surface area (Å²) in [5, 5.41) is 11.6. The Hall–Kier alpha value is -2.59. The molecule has 0 aliphatic rings. The summed E-state index contributed by atoms with van der Waals surface area (Å²) >= 11 is 0. The van der Waals surface area contributed by atoms with Crippen molar-refractivity contribution in [1.82, 2.24) is 5.32 Å². The van der Waals surface area contributed by atoms with Gasteiger partial charge in [-0.25, -0.2) is 4.79 Å². The minimum Gasteiger partial charge on any atom is -0.445 e. The lowest BCUT2D eigenvalue weighted by atomic mass is 10.1. The van der Waals surface area contributed by atoms with Crippen LogP contribution < -0.4 is 5.32 Å². The SMILES string of the molecule is O=C(NCC=Cc1cccc(CCO)c1)OCc1ccccc1. The number of nitrogens with one attached hydrogen (secondary N) is 1. The van der Waals surface area contributed by atoms with E-state index in [4.69, 9.17) is 9.84 Å². The Bertz CT molecular complexity index is 638. The quantitative estimate of drug-likeness (QED) is 0.826. The maximum Gasteiger partial charge on any atom is 0.407 e. The number of hydrogen-bond donors (Lipinski definition) is 2. The first-order chi connectivity index (χ1) is 11.3. The van der Waals surface area contributed by atoms with E-state index in [9.17, 15) is 4.79 Å². The van der Waals surface area contributed by atoms with Gasteiger partial charge in [0.25, 0.3) is 0 Å². The normalized spacial score (nSPS) is 10.7. The number of amides is 1. The van der Waals surface area contributed by atoms with Gasteiger partial charge in [-0.2, -0.15) is 0 Å². The van der Waals surface area contributed by atoms with Crippen molar-refractivity contribution in [2.45, 2.75) is 13.0 Å². The van der Waals surface area contributed by atoms with Crippen LogP contribution in [0.3, 0.4) is 0 Å². The molecule has 0 aliphatic carbocycles. The molecule has 4 heteroatoms. The number of hydrogen-bond acceptors (Lipinski definition) is 3. The van der Waals surface area contributed by atoms with Gasteiger partial charge >= 0.3 is 6.09 Å². The van der Waals surface area contributed by atoms with Crippen LogP contribution in [0.5, 0.6) is 0 Å². The number of alkyl carbamates (subject to hydrolysis) is 1. The number of carbonyl (C=O) groups is 1. The minimum absolute atomic E-state index is 0.141. The number of benzene rings is 2. The number of rotatable bonds is 7. The van der Waals surface area contributed by atoms with E-state index in [-0.39, 0.29) is 13.2 Å². The molecule has 0 aromatic heterocycles. The standard InChI is InChI=1S/C19H21NO3/c21-13-11-17-9-4-8-16(14-17)10-5-12-20-19(22)23-15-18-6-2-1-3-7-18/h1-10,14,21H,11-13,15H2,(H,20,22). The maximum absolute atomic E-state index is 11.6. The molecule has 2 aromatic rings. The minimum atomic E-state index is -0.437. The summed E-state index contributed by atoms with van der Waals surface area (Å²) in [5.41, 5.74) is 3.08. The largest absolute Gasteiger partial charge is 0.445 e. The summed E-state index contributed by atoms with van der Waals surface area (Å²) in [6.45, 7) is 0.805. The molecule has 0 atom stereocenters. The predicted octanol–water partition coefficient (Wildman–Crippen LogP) is 3.16. The Balaban J connectivity index is 1.71. The first kappa shape index (κ1) is 16.8. The topological polar surface area (TPSA) is 58.6 Å². The van der Waals surface area contributed by atoms with E-state index < -0.39 is 6.09 Å². The van der Waals surface area contributed by atoms with Gasteiger partial charge in [0, 0.05) is 13.2 Å². The van der Waals surface area contributed by atoms with Crippen molar-refractivity contribution < 1.29 is 14.6 Å². The molecule has 4 nitrogen and oxygen atoms in total. The Morgan fingerprint density at radius 3 is 2.65 bits per heavy atom. The smallest absolute Gasteiger partial charge is 0.407 e. The van der Waals surface area contributed by atoms with Crippen LogP contribution in [0.2, 0.25) is 0 Å². The lowest BCUT2D eigenvalue weighted by molar-refractivity contribution is 0.141. The van der Waals surface area contributed by atoms with Gasteiger partial charge in [-0.1, -0.05) is 66.7 Å². The Kier molecular flexibility index (Phi) is 6.88. The lowest BCUT2D eigenvalue weighted by Gasteiger charge is -2.05. The zero-order chi connectivity index (χ0) is 16.3. The molecule has 0 fully saturated rings. The van der Waals surface area contributed by atoms with Crippen LogP contribution in [0.4, 0.5) is 4.79 Å². The molecule has 0 aliphatic heterocycles. The van der Waals surface area contributed by atoms with Crippen LogP contribution in [0, 0.1) is 0 Å². The van der Waals surface area contributed by atoms with Crippen molar-refractivity contribution in [3.8, 4) is 0 Å². The highest BCUT2D eigenvalue weighted by molar-refractivity contribution is 5.67. The fourth-order valence-corrected chi connectivity index (χ4v) is 2.09.